The summed E-state index contributed by atoms with van der Waals surface area (Å²) in [7, 11) is 0. The van der Waals surface area contributed by atoms with Crippen molar-refractivity contribution in [3.63, 3.8) is 0 Å². The van der Waals surface area contributed by atoms with Crippen LogP contribution < -0.4 is 5.43 Å². The van der Waals surface area contributed by atoms with Crippen LogP contribution in [-0.4, -0.2) is 11.2 Å². The van der Waals surface area contributed by atoms with Gasteiger partial charge in [0.2, 0.25) is 0 Å². The molecule has 0 bridgehead atoms. The summed E-state index contributed by atoms with van der Waals surface area (Å²) in [4.78, 5) is 3.84. The van der Waals surface area contributed by atoms with Gasteiger partial charge in [0.05, 0.1) is 21.8 Å². The molecule has 8 heteroatoms. The molecule has 1 aromatic heterocycles. The van der Waals surface area contributed by atoms with E-state index in [-0.39, 0.29) is 26.6 Å². The van der Waals surface area contributed by atoms with E-state index in [2.05, 4.69) is 15.5 Å². The first-order valence-electron chi connectivity index (χ1n) is 5.23. The van der Waals surface area contributed by atoms with Gasteiger partial charge in [-0.05, 0) is 18.2 Å². The normalized spacial score (nSPS) is 11.1. The zero-order valence-corrected chi connectivity index (χ0v) is 11.9. The van der Waals surface area contributed by atoms with Crippen LogP contribution in [0.15, 0.2) is 29.4 Å². The van der Waals surface area contributed by atoms with E-state index in [9.17, 15) is 8.78 Å². The van der Waals surface area contributed by atoms with Gasteiger partial charge in [0.25, 0.3) is 0 Å². The Labute approximate surface area is 128 Å². The number of halogens is 5. The van der Waals surface area contributed by atoms with Crippen LogP contribution in [0, 0.1) is 11.6 Å². The van der Waals surface area contributed by atoms with Gasteiger partial charge in [-0.2, -0.15) is 5.10 Å². The number of hydrogen-bond acceptors (Lipinski definition) is 3. The quantitative estimate of drug-likeness (QED) is 0.498. The van der Waals surface area contributed by atoms with Gasteiger partial charge in [0, 0.05) is 0 Å². The molecule has 20 heavy (non-hydrogen) atoms. The van der Waals surface area contributed by atoms with Crippen LogP contribution in [0.3, 0.4) is 0 Å². The van der Waals surface area contributed by atoms with E-state index in [1.807, 2.05) is 0 Å². The SMILES string of the molecule is Fc1cccc(F)c1/C=N\Nc1nc(Cl)c(Cl)cc1Cl. The van der Waals surface area contributed by atoms with Crippen LogP contribution in [0.5, 0.6) is 0 Å². The predicted molar refractivity (Wildman–Crippen MR) is 76.8 cm³/mol. The minimum Gasteiger partial charge on any atom is -0.260 e. The number of nitrogens with zero attached hydrogens (tertiary/aromatic N) is 2. The Hall–Kier alpha value is -1.43. The van der Waals surface area contributed by atoms with Crippen molar-refractivity contribution < 1.29 is 8.78 Å². The van der Waals surface area contributed by atoms with Crippen LogP contribution in [0.25, 0.3) is 0 Å². The molecule has 0 saturated heterocycles. The molecule has 104 valence electrons. The maximum Gasteiger partial charge on any atom is 0.166 e. The van der Waals surface area contributed by atoms with Crippen LogP contribution in [0.4, 0.5) is 14.6 Å². The molecule has 0 unspecified atom stereocenters. The first-order valence-corrected chi connectivity index (χ1v) is 6.37. The van der Waals surface area contributed by atoms with E-state index < -0.39 is 11.6 Å². The highest BCUT2D eigenvalue weighted by atomic mass is 35.5. The number of hydrogen-bond donors (Lipinski definition) is 1. The van der Waals surface area contributed by atoms with E-state index in [0.29, 0.717) is 0 Å². The molecule has 2 aromatic rings. The summed E-state index contributed by atoms with van der Waals surface area (Å²) < 4.78 is 26.7. The third kappa shape index (κ3) is 3.36. The van der Waals surface area contributed by atoms with Crippen molar-refractivity contribution in [3.8, 4) is 0 Å². The van der Waals surface area contributed by atoms with E-state index in [4.69, 9.17) is 34.8 Å². The highest BCUT2D eigenvalue weighted by Gasteiger charge is 2.08. The summed E-state index contributed by atoms with van der Waals surface area (Å²) in [6.45, 7) is 0. The zero-order valence-electron chi connectivity index (χ0n) is 9.67. The maximum atomic E-state index is 13.3. The van der Waals surface area contributed by atoms with E-state index in [1.165, 1.54) is 12.1 Å². The molecule has 0 amide bonds. The van der Waals surface area contributed by atoms with Gasteiger partial charge in [0.15, 0.2) is 5.82 Å². The van der Waals surface area contributed by atoms with E-state index in [0.717, 1.165) is 18.3 Å². The standard InChI is InChI=1S/C12H6Cl3F2N3/c13-7-4-8(14)12(19-11(7)15)20-18-5-6-9(16)2-1-3-10(6)17/h1-5H,(H,19,20)/b18-5-. The summed E-state index contributed by atoms with van der Waals surface area (Å²) >= 11 is 17.3. The predicted octanol–water partition coefficient (Wildman–Crippen LogP) is 4.77. The largest absolute Gasteiger partial charge is 0.260 e. The fourth-order valence-electron chi connectivity index (χ4n) is 1.31. The molecule has 1 aromatic carbocycles. The van der Waals surface area contributed by atoms with Crippen LogP contribution >= 0.6 is 34.8 Å². The molecular formula is C12H6Cl3F2N3. The first kappa shape index (κ1) is 15.0. The Morgan fingerprint density at radius 3 is 2.40 bits per heavy atom. The van der Waals surface area contributed by atoms with Crippen molar-refractivity contribution in [3.05, 3.63) is 56.7 Å². The molecule has 1 heterocycles. The molecule has 0 fully saturated rings. The second kappa shape index (κ2) is 6.35. The summed E-state index contributed by atoms with van der Waals surface area (Å²) in [6.07, 6.45) is 0.977. The highest BCUT2D eigenvalue weighted by Crippen LogP contribution is 2.28. The number of hydrazone groups is 1. The lowest BCUT2D eigenvalue weighted by Crippen LogP contribution is -1.98. The molecule has 0 aliphatic rings. The minimum absolute atomic E-state index is 0.0332. The molecule has 1 N–H and O–H groups in total. The molecule has 0 aliphatic heterocycles. The number of aromatic nitrogens is 1. The van der Waals surface area contributed by atoms with Crippen molar-refractivity contribution in [2.24, 2.45) is 5.10 Å². The molecule has 3 nitrogen and oxygen atoms in total. The maximum absolute atomic E-state index is 13.3. The van der Waals surface area contributed by atoms with E-state index >= 15 is 0 Å². The van der Waals surface area contributed by atoms with Gasteiger partial charge >= 0.3 is 0 Å². The molecule has 2 rings (SSSR count). The van der Waals surface area contributed by atoms with E-state index in [1.54, 1.807) is 0 Å². The lowest BCUT2D eigenvalue weighted by Gasteiger charge is -2.04. The number of nitrogens with one attached hydrogen (secondary N) is 1. The summed E-state index contributed by atoms with van der Waals surface area (Å²) in [5.41, 5.74) is 2.15. The second-order valence-corrected chi connectivity index (χ2v) is 4.77. The molecule has 0 atom stereocenters. The van der Waals surface area contributed by atoms with Crippen molar-refractivity contribution in [2.45, 2.75) is 0 Å². The van der Waals surface area contributed by atoms with Gasteiger partial charge in [-0.15, -0.1) is 0 Å². The Kier molecular flexibility index (Phi) is 4.75. The zero-order chi connectivity index (χ0) is 14.7. The van der Waals surface area contributed by atoms with Crippen LogP contribution in [0.1, 0.15) is 5.56 Å². The van der Waals surface area contributed by atoms with Crippen molar-refractivity contribution in [1.82, 2.24) is 4.98 Å². The fourth-order valence-corrected chi connectivity index (χ4v) is 1.85. The first-order chi connectivity index (χ1) is 9.49. The number of benzene rings is 1. The van der Waals surface area contributed by atoms with Crippen molar-refractivity contribution in [1.29, 1.82) is 0 Å². The van der Waals surface area contributed by atoms with Gasteiger partial charge in [-0.25, -0.2) is 13.8 Å². The van der Waals surface area contributed by atoms with Crippen molar-refractivity contribution >= 4 is 46.8 Å². The second-order valence-electron chi connectivity index (χ2n) is 3.60. The van der Waals surface area contributed by atoms with Gasteiger partial charge < -0.3 is 0 Å². The molecule has 0 spiro atoms. The topological polar surface area (TPSA) is 37.3 Å². The number of pyridine rings is 1. The summed E-state index contributed by atoms with van der Waals surface area (Å²) in [5, 5.41) is 4.05. The fraction of sp³-hybridized carbons (Fsp3) is 0. The number of anilines is 1. The minimum atomic E-state index is -0.733. The Balaban J connectivity index is 2.21. The third-order valence-corrected chi connectivity index (χ3v) is 3.21. The number of rotatable bonds is 3. The van der Waals surface area contributed by atoms with Crippen LogP contribution in [0.2, 0.25) is 15.2 Å². The van der Waals surface area contributed by atoms with Gasteiger partial charge in [-0.1, -0.05) is 40.9 Å². The Morgan fingerprint density at radius 2 is 1.75 bits per heavy atom. The highest BCUT2D eigenvalue weighted by molar-refractivity contribution is 6.42. The van der Waals surface area contributed by atoms with Crippen LogP contribution in [-0.2, 0) is 0 Å². The summed E-state index contributed by atoms with van der Waals surface area (Å²) in [5.74, 6) is -1.35. The Morgan fingerprint density at radius 1 is 1.10 bits per heavy atom. The molecular weight excluding hydrogens is 331 g/mol. The monoisotopic (exact) mass is 335 g/mol. The molecule has 0 aliphatic carbocycles. The Bertz CT molecular complexity index is 657. The average molecular weight is 337 g/mol. The van der Waals surface area contributed by atoms with Crippen molar-refractivity contribution in [2.75, 3.05) is 5.43 Å². The lowest BCUT2D eigenvalue weighted by molar-refractivity contribution is 0.580. The average Bonchev–Trinajstić information content (AvgIpc) is 2.39. The smallest absolute Gasteiger partial charge is 0.166 e. The van der Waals surface area contributed by atoms with Gasteiger partial charge in [0.1, 0.15) is 16.8 Å². The summed E-state index contributed by atoms with van der Waals surface area (Å²) in [6, 6.07) is 4.87. The molecule has 0 saturated carbocycles. The lowest BCUT2D eigenvalue weighted by atomic mass is 10.2. The third-order valence-electron chi connectivity index (χ3n) is 2.25. The van der Waals surface area contributed by atoms with Gasteiger partial charge in [-0.3, -0.25) is 5.43 Å². The molecule has 0 radical (unpaired) electrons.